The van der Waals surface area contributed by atoms with E-state index in [-0.39, 0.29) is 37.7 Å². The van der Waals surface area contributed by atoms with E-state index >= 15 is 0 Å². The van der Waals surface area contributed by atoms with Crippen molar-refractivity contribution in [3.05, 3.63) is 29.3 Å². The summed E-state index contributed by atoms with van der Waals surface area (Å²) >= 11 is 0. The average Bonchev–Trinajstić information content (AvgIpc) is 1.94. The van der Waals surface area contributed by atoms with Crippen LogP contribution in [0.4, 0.5) is 0 Å². The Morgan fingerprint density at radius 3 is 2.00 bits per heavy atom. The van der Waals surface area contributed by atoms with Crippen molar-refractivity contribution < 1.29 is 47.8 Å². The van der Waals surface area contributed by atoms with Gasteiger partial charge in [0.1, 0.15) is 0 Å². The van der Waals surface area contributed by atoms with Crippen molar-refractivity contribution in [1.82, 2.24) is 0 Å². The molecule has 58 valence electrons. The fraction of sp³-hybridized carbons (Fsp3) is 0.250. The topological polar surface area (TPSA) is 46.1 Å². The second kappa shape index (κ2) is 6.79. The van der Waals surface area contributed by atoms with Crippen molar-refractivity contribution in [1.29, 1.82) is 0 Å². The summed E-state index contributed by atoms with van der Waals surface area (Å²) in [5.74, 6) is 0. The molecule has 0 radical (unpaired) electrons. The predicted molar refractivity (Wildman–Crippen MR) is 41.3 cm³/mol. The molecular formula is C8H9BLi2O2. The number of hydrogen-bond donors (Lipinski definition) is 0. The van der Waals surface area contributed by atoms with Crippen molar-refractivity contribution >= 4 is 12.6 Å². The Bertz CT molecular complexity index is 266. The smallest absolute Gasteiger partial charge is 0.889 e. The van der Waals surface area contributed by atoms with Crippen LogP contribution in [-0.2, 0) is 0 Å². The maximum atomic E-state index is 10.5. The first kappa shape index (κ1) is 15.9. The Hall–Kier alpha value is 0.400. The van der Waals surface area contributed by atoms with Crippen LogP contribution >= 0.6 is 0 Å². The van der Waals surface area contributed by atoms with E-state index in [1.165, 1.54) is 0 Å². The molecular weight excluding hydrogens is 153 g/mol. The third kappa shape index (κ3) is 4.43. The molecule has 0 aliphatic carbocycles. The second-order valence-electron chi connectivity index (χ2n) is 2.69. The molecule has 0 fully saturated rings. The first-order valence-corrected chi connectivity index (χ1v) is 3.50. The van der Waals surface area contributed by atoms with E-state index in [9.17, 15) is 10.0 Å². The second-order valence-corrected chi connectivity index (χ2v) is 2.69. The van der Waals surface area contributed by atoms with E-state index in [0.29, 0.717) is 5.46 Å². The van der Waals surface area contributed by atoms with Crippen LogP contribution in [0.5, 0.6) is 0 Å². The summed E-state index contributed by atoms with van der Waals surface area (Å²) in [6.45, 7) is 3.64. The minimum Gasteiger partial charge on any atom is -0.889 e. The van der Waals surface area contributed by atoms with Gasteiger partial charge in [0.15, 0.2) is 0 Å². The van der Waals surface area contributed by atoms with E-state index in [0.717, 1.165) is 11.1 Å². The van der Waals surface area contributed by atoms with Gasteiger partial charge in [0.2, 0.25) is 0 Å². The normalized spacial score (nSPS) is 8.31. The number of benzene rings is 1. The molecule has 0 bridgehead atoms. The van der Waals surface area contributed by atoms with Crippen molar-refractivity contribution in [3.63, 3.8) is 0 Å². The largest absolute Gasteiger partial charge is 1.00 e. The van der Waals surface area contributed by atoms with E-state index in [1.54, 1.807) is 19.1 Å². The maximum Gasteiger partial charge on any atom is 1.00 e. The minimum atomic E-state index is -1.85. The zero-order chi connectivity index (χ0) is 8.43. The van der Waals surface area contributed by atoms with Crippen LogP contribution in [0, 0.1) is 13.8 Å². The molecule has 0 amide bonds. The molecule has 1 aromatic rings. The molecule has 0 aliphatic rings. The van der Waals surface area contributed by atoms with Gasteiger partial charge in [-0.15, -0.1) is 5.46 Å². The Labute approximate surface area is 103 Å². The maximum absolute atomic E-state index is 10.5. The van der Waals surface area contributed by atoms with Gasteiger partial charge in [-0.2, -0.15) is 0 Å². The Balaban J connectivity index is 0. The number of rotatable bonds is 1. The van der Waals surface area contributed by atoms with Crippen molar-refractivity contribution in [2.24, 2.45) is 0 Å². The van der Waals surface area contributed by atoms with Crippen LogP contribution in [0.3, 0.4) is 0 Å². The molecule has 0 saturated heterocycles. The van der Waals surface area contributed by atoms with Crippen LogP contribution in [0.1, 0.15) is 11.1 Å². The van der Waals surface area contributed by atoms with Gasteiger partial charge in [-0.05, 0) is 13.8 Å². The third-order valence-electron chi connectivity index (χ3n) is 1.69. The van der Waals surface area contributed by atoms with Crippen LogP contribution in [0.15, 0.2) is 18.2 Å². The SMILES string of the molecule is Cc1ccc(C)c(B([O-])[O-])c1.[Li+].[Li+]. The van der Waals surface area contributed by atoms with Gasteiger partial charge in [0.25, 0.3) is 0 Å². The number of aryl methyl sites for hydroxylation is 2. The molecule has 1 rings (SSSR count). The molecule has 5 heteroatoms. The van der Waals surface area contributed by atoms with Gasteiger partial charge in [-0.25, -0.2) is 0 Å². The number of hydrogen-bond acceptors (Lipinski definition) is 2. The summed E-state index contributed by atoms with van der Waals surface area (Å²) in [7, 11) is -1.85. The summed E-state index contributed by atoms with van der Waals surface area (Å²) in [6.07, 6.45) is 0. The summed E-state index contributed by atoms with van der Waals surface area (Å²) in [5.41, 5.74) is 2.11. The van der Waals surface area contributed by atoms with Gasteiger partial charge < -0.3 is 10.0 Å². The standard InChI is InChI=1S/C8H9BO2.2Li/c1-6-3-4-7(2)8(5-6)9(10)11;;/h3-5H,1-2H3;;/q-2;2*+1. The van der Waals surface area contributed by atoms with Gasteiger partial charge in [-0.3, -0.25) is 0 Å². The summed E-state index contributed by atoms with van der Waals surface area (Å²) in [6, 6.07) is 5.34. The van der Waals surface area contributed by atoms with Gasteiger partial charge >= 0.3 is 37.7 Å². The summed E-state index contributed by atoms with van der Waals surface area (Å²) < 4.78 is 0. The first-order valence-electron chi connectivity index (χ1n) is 3.50. The van der Waals surface area contributed by atoms with Gasteiger partial charge in [0.05, 0.1) is 0 Å². The molecule has 0 aliphatic heterocycles. The summed E-state index contributed by atoms with van der Waals surface area (Å²) in [4.78, 5) is 0. The molecule has 0 unspecified atom stereocenters. The zero-order valence-corrected chi connectivity index (χ0v) is 8.63. The van der Waals surface area contributed by atoms with Crippen LogP contribution in [-0.4, -0.2) is 7.12 Å². The molecule has 2 nitrogen and oxygen atoms in total. The van der Waals surface area contributed by atoms with Crippen LogP contribution in [0.2, 0.25) is 0 Å². The molecule has 0 saturated carbocycles. The van der Waals surface area contributed by atoms with Crippen molar-refractivity contribution in [2.45, 2.75) is 13.8 Å². The molecule has 0 spiro atoms. The molecule has 0 atom stereocenters. The van der Waals surface area contributed by atoms with E-state index in [1.807, 2.05) is 13.0 Å². The van der Waals surface area contributed by atoms with Crippen molar-refractivity contribution in [2.75, 3.05) is 0 Å². The quantitative estimate of drug-likeness (QED) is 0.385. The molecule has 0 aromatic heterocycles. The van der Waals surface area contributed by atoms with E-state index < -0.39 is 7.12 Å². The van der Waals surface area contributed by atoms with Crippen molar-refractivity contribution in [3.8, 4) is 0 Å². The Morgan fingerprint density at radius 2 is 1.62 bits per heavy atom. The first-order chi connectivity index (χ1) is 5.11. The zero-order valence-electron chi connectivity index (χ0n) is 8.63. The predicted octanol–water partition coefficient (Wildman–Crippen LogP) is -7.27. The average molecular weight is 162 g/mol. The Morgan fingerprint density at radius 1 is 1.08 bits per heavy atom. The van der Waals surface area contributed by atoms with Gasteiger partial charge in [-0.1, -0.05) is 36.4 Å². The Kier molecular flexibility index (Phi) is 8.29. The van der Waals surface area contributed by atoms with E-state index in [2.05, 4.69) is 0 Å². The molecule has 13 heavy (non-hydrogen) atoms. The van der Waals surface area contributed by atoms with Crippen LogP contribution in [0.25, 0.3) is 0 Å². The fourth-order valence-electron chi connectivity index (χ4n) is 1.01. The van der Waals surface area contributed by atoms with E-state index in [4.69, 9.17) is 0 Å². The minimum absolute atomic E-state index is 0. The third-order valence-corrected chi connectivity index (χ3v) is 1.69. The van der Waals surface area contributed by atoms with Crippen LogP contribution < -0.4 is 53.2 Å². The van der Waals surface area contributed by atoms with Gasteiger partial charge in [0, 0.05) is 0 Å². The molecule has 0 heterocycles. The molecule has 1 aromatic carbocycles. The summed E-state index contributed by atoms with van der Waals surface area (Å²) in [5, 5.41) is 21.1. The molecule has 0 N–H and O–H groups in total. The monoisotopic (exact) mass is 162 g/mol. The fourth-order valence-corrected chi connectivity index (χ4v) is 1.01.